The van der Waals surface area contributed by atoms with Gasteiger partial charge in [-0.05, 0) is 41.9 Å². The second-order valence-corrected chi connectivity index (χ2v) is 7.39. The van der Waals surface area contributed by atoms with Gasteiger partial charge in [-0.25, -0.2) is 0 Å². The molecular weight excluding hydrogens is 258 g/mol. The van der Waals surface area contributed by atoms with Crippen molar-refractivity contribution in [2.24, 2.45) is 17.3 Å². The molecule has 0 N–H and O–H groups in total. The summed E-state index contributed by atoms with van der Waals surface area (Å²) in [5, 5.41) is 0. The van der Waals surface area contributed by atoms with Gasteiger partial charge in [-0.2, -0.15) is 0 Å². The Morgan fingerprint density at radius 2 is 1.62 bits per heavy atom. The second kappa shape index (κ2) is 6.39. The average molecular weight is 289 g/mol. The molecule has 2 aliphatic rings. The number of nitrogens with zero attached hydrogens (tertiary/aromatic N) is 1. The normalized spacial score (nSPS) is 21.8. The zero-order chi connectivity index (χ0) is 15.6. The van der Waals surface area contributed by atoms with Crippen LogP contribution in [0.2, 0.25) is 0 Å². The molecular formula is C19H31NO. The van der Waals surface area contributed by atoms with E-state index in [2.05, 4.69) is 51.8 Å². The lowest BCUT2D eigenvalue weighted by atomic mass is 9.73. The first-order chi connectivity index (χ1) is 9.84. The molecule has 0 atom stereocenters. The van der Waals surface area contributed by atoms with Crippen molar-refractivity contribution in [1.29, 1.82) is 0 Å². The van der Waals surface area contributed by atoms with E-state index in [1.54, 1.807) is 0 Å². The van der Waals surface area contributed by atoms with Crippen LogP contribution in [0.15, 0.2) is 36.1 Å². The van der Waals surface area contributed by atoms with Gasteiger partial charge in [0.2, 0.25) is 0 Å². The summed E-state index contributed by atoms with van der Waals surface area (Å²) in [5.74, 6) is 0.986. The van der Waals surface area contributed by atoms with Crippen LogP contribution >= 0.6 is 0 Å². The molecule has 0 radical (unpaired) electrons. The van der Waals surface area contributed by atoms with E-state index in [-0.39, 0.29) is 0 Å². The third-order valence-corrected chi connectivity index (χ3v) is 5.02. The molecule has 0 aliphatic carbocycles. The number of ether oxygens (including phenoxy) is 1. The highest BCUT2D eigenvalue weighted by Crippen LogP contribution is 2.42. The van der Waals surface area contributed by atoms with Gasteiger partial charge in [0.25, 0.3) is 0 Å². The largest absolute Gasteiger partial charge is 0.381 e. The highest BCUT2D eigenvalue weighted by atomic mass is 16.5. The standard InChI is InChI=1S/C19H31NO/c1-14(2)17(6)18(15(3)4)11-16(5)20-12-19(13-20)7-9-21-10-8-19/h11,14-15H,5-10,12-13H2,1-4H3/b18-11-. The van der Waals surface area contributed by atoms with Crippen molar-refractivity contribution in [3.8, 4) is 0 Å². The average Bonchev–Trinajstić information content (AvgIpc) is 2.41. The fourth-order valence-electron chi connectivity index (χ4n) is 3.32. The molecule has 0 aromatic carbocycles. The minimum Gasteiger partial charge on any atom is -0.381 e. The zero-order valence-electron chi connectivity index (χ0n) is 14.2. The Morgan fingerprint density at radius 1 is 1.05 bits per heavy atom. The first-order valence-electron chi connectivity index (χ1n) is 8.27. The fourth-order valence-corrected chi connectivity index (χ4v) is 3.32. The van der Waals surface area contributed by atoms with Gasteiger partial charge in [-0.15, -0.1) is 0 Å². The third-order valence-electron chi connectivity index (χ3n) is 5.02. The second-order valence-electron chi connectivity index (χ2n) is 7.39. The molecule has 2 nitrogen and oxygen atoms in total. The Balaban J connectivity index is 2.00. The van der Waals surface area contributed by atoms with Crippen molar-refractivity contribution in [3.05, 3.63) is 36.1 Å². The molecule has 0 saturated carbocycles. The maximum absolute atomic E-state index is 5.49. The predicted octanol–water partition coefficient (Wildman–Crippen LogP) is 4.41. The molecule has 2 heterocycles. The topological polar surface area (TPSA) is 12.5 Å². The molecule has 1 spiro atoms. The van der Waals surface area contributed by atoms with Crippen molar-refractivity contribution in [1.82, 2.24) is 4.90 Å². The van der Waals surface area contributed by atoms with E-state index in [0.717, 1.165) is 32.0 Å². The summed E-state index contributed by atoms with van der Waals surface area (Å²) in [4.78, 5) is 2.42. The van der Waals surface area contributed by atoms with Gasteiger partial charge in [-0.1, -0.05) is 40.9 Å². The van der Waals surface area contributed by atoms with Crippen molar-refractivity contribution in [2.75, 3.05) is 26.3 Å². The maximum Gasteiger partial charge on any atom is 0.0472 e. The molecule has 2 aliphatic heterocycles. The van der Waals surface area contributed by atoms with E-state index >= 15 is 0 Å². The van der Waals surface area contributed by atoms with Gasteiger partial charge in [0, 0.05) is 37.4 Å². The van der Waals surface area contributed by atoms with E-state index in [9.17, 15) is 0 Å². The highest BCUT2D eigenvalue weighted by Gasteiger charge is 2.43. The lowest BCUT2D eigenvalue weighted by Gasteiger charge is -2.53. The molecule has 2 heteroatoms. The Labute approximate surface area is 130 Å². The number of likely N-dealkylation sites (tertiary alicyclic amines) is 1. The number of rotatable bonds is 5. The van der Waals surface area contributed by atoms with Crippen LogP contribution in [-0.4, -0.2) is 31.2 Å². The summed E-state index contributed by atoms with van der Waals surface area (Å²) >= 11 is 0. The van der Waals surface area contributed by atoms with Crippen LogP contribution in [-0.2, 0) is 4.74 Å². The summed E-state index contributed by atoms with van der Waals surface area (Å²) in [6.07, 6.45) is 4.67. The van der Waals surface area contributed by atoms with E-state index in [4.69, 9.17) is 4.74 Å². The van der Waals surface area contributed by atoms with E-state index < -0.39 is 0 Å². The predicted molar refractivity (Wildman–Crippen MR) is 90.1 cm³/mol. The number of hydrogen-bond acceptors (Lipinski definition) is 2. The van der Waals surface area contributed by atoms with E-state index in [1.807, 2.05) is 0 Å². The van der Waals surface area contributed by atoms with Gasteiger partial charge in [0.1, 0.15) is 0 Å². The fraction of sp³-hybridized carbons (Fsp3) is 0.684. The third kappa shape index (κ3) is 3.60. The molecule has 0 unspecified atom stereocenters. The van der Waals surface area contributed by atoms with Gasteiger partial charge in [0.15, 0.2) is 0 Å². The lowest BCUT2D eigenvalue weighted by molar-refractivity contribution is -0.0647. The highest BCUT2D eigenvalue weighted by molar-refractivity contribution is 5.37. The first-order valence-corrected chi connectivity index (χ1v) is 8.27. The number of hydrogen-bond donors (Lipinski definition) is 0. The lowest BCUT2D eigenvalue weighted by Crippen LogP contribution is -2.57. The van der Waals surface area contributed by atoms with Crippen LogP contribution in [0.4, 0.5) is 0 Å². The molecule has 0 amide bonds. The Hall–Kier alpha value is -1.02. The van der Waals surface area contributed by atoms with E-state index in [0.29, 0.717) is 17.3 Å². The molecule has 0 aromatic rings. The van der Waals surface area contributed by atoms with Gasteiger partial charge < -0.3 is 9.64 Å². The Bertz CT molecular complexity index is 430. The quantitative estimate of drug-likeness (QED) is 0.695. The zero-order valence-corrected chi connectivity index (χ0v) is 14.2. The SMILES string of the molecule is C=C(/C(=C\C(=C)N1CC2(CCOCC2)C1)C(C)C)C(C)C. The first kappa shape index (κ1) is 16.4. The summed E-state index contributed by atoms with van der Waals surface area (Å²) < 4.78 is 5.49. The van der Waals surface area contributed by atoms with Crippen LogP contribution in [0, 0.1) is 17.3 Å². The smallest absolute Gasteiger partial charge is 0.0472 e. The Morgan fingerprint density at radius 3 is 2.10 bits per heavy atom. The minimum atomic E-state index is 0.490. The molecule has 0 aromatic heterocycles. The molecule has 2 saturated heterocycles. The molecule has 21 heavy (non-hydrogen) atoms. The van der Waals surface area contributed by atoms with Crippen molar-refractivity contribution in [3.63, 3.8) is 0 Å². The van der Waals surface area contributed by atoms with Crippen LogP contribution in [0.3, 0.4) is 0 Å². The summed E-state index contributed by atoms with van der Waals surface area (Å²) in [6.45, 7) is 21.6. The van der Waals surface area contributed by atoms with Crippen LogP contribution in [0.25, 0.3) is 0 Å². The van der Waals surface area contributed by atoms with Crippen LogP contribution < -0.4 is 0 Å². The summed E-state index contributed by atoms with van der Waals surface area (Å²) in [6, 6.07) is 0. The van der Waals surface area contributed by atoms with E-state index in [1.165, 1.54) is 24.0 Å². The monoisotopic (exact) mass is 289 g/mol. The van der Waals surface area contributed by atoms with Gasteiger partial charge in [0.05, 0.1) is 0 Å². The van der Waals surface area contributed by atoms with Crippen LogP contribution in [0.1, 0.15) is 40.5 Å². The van der Waals surface area contributed by atoms with Crippen molar-refractivity contribution < 1.29 is 4.74 Å². The molecule has 0 bridgehead atoms. The van der Waals surface area contributed by atoms with Crippen LogP contribution in [0.5, 0.6) is 0 Å². The van der Waals surface area contributed by atoms with Gasteiger partial charge in [-0.3, -0.25) is 0 Å². The van der Waals surface area contributed by atoms with Gasteiger partial charge >= 0.3 is 0 Å². The summed E-state index contributed by atoms with van der Waals surface area (Å²) in [7, 11) is 0. The Kier molecular flexibility index (Phi) is 4.98. The summed E-state index contributed by atoms with van der Waals surface area (Å²) in [5.41, 5.74) is 4.25. The molecule has 2 rings (SSSR count). The number of allylic oxidation sites excluding steroid dienone is 3. The van der Waals surface area contributed by atoms with Crippen molar-refractivity contribution >= 4 is 0 Å². The molecule has 2 fully saturated rings. The maximum atomic E-state index is 5.49. The molecule has 118 valence electrons. The van der Waals surface area contributed by atoms with Crippen molar-refractivity contribution in [2.45, 2.75) is 40.5 Å². The minimum absolute atomic E-state index is 0.490.